The third-order valence-corrected chi connectivity index (χ3v) is 5.11. The van der Waals surface area contributed by atoms with Gasteiger partial charge in [-0.3, -0.25) is 9.78 Å². The zero-order valence-corrected chi connectivity index (χ0v) is 14.9. The van der Waals surface area contributed by atoms with Gasteiger partial charge in [0.05, 0.1) is 0 Å². The largest absolute Gasteiger partial charge is 0.345 e. The van der Waals surface area contributed by atoms with Crippen molar-refractivity contribution in [2.75, 3.05) is 13.6 Å². The summed E-state index contributed by atoms with van der Waals surface area (Å²) >= 11 is 0. The van der Waals surface area contributed by atoms with Crippen LogP contribution in [0.15, 0.2) is 42.7 Å². The first-order valence-electron chi connectivity index (χ1n) is 8.93. The number of rotatable bonds is 7. The Hall–Kier alpha value is -2.23. The van der Waals surface area contributed by atoms with Gasteiger partial charge >= 0.3 is 0 Å². The number of carbonyl (C=O) groups excluding carboxylic acids is 1. The molecule has 0 bridgehead atoms. The van der Waals surface area contributed by atoms with Crippen LogP contribution >= 0.6 is 0 Å². The molecule has 3 rings (SSSR count). The summed E-state index contributed by atoms with van der Waals surface area (Å²) in [4.78, 5) is 18.5. The van der Waals surface area contributed by atoms with Gasteiger partial charge in [0.25, 0.3) is 0 Å². The molecule has 1 amide bonds. The summed E-state index contributed by atoms with van der Waals surface area (Å²) in [5.41, 5.74) is 2.93. The Morgan fingerprint density at radius 2 is 2.00 bits per heavy atom. The third-order valence-electron chi connectivity index (χ3n) is 5.11. The monoisotopic (exact) mass is 340 g/mol. The van der Waals surface area contributed by atoms with E-state index >= 15 is 0 Å². The normalized spacial score (nSPS) is 15.0. The minimum absolute atomic E-state index is 0.160. The number of likely N-dealkylation sites (N-methyl/N-ethyl adjacent to an activating group) is 1. The molecule has 0 radical (unpaired) electrons. The Balaban J connectivity index is 1.61. The van der Waals surface area contributed by atoms with Gasteiger partial charge < -0.3 is 4.90 Å². The van der Waals surface area contributed by atoms with Crippen LogP contribution in [0.2, 0.25) is 0 Å². The van der Waals surface area contributed by atoms with Gasteiger partial charge in [-0.1, -0.05) is 12.1 Å². The van der Waals surface area contributed by atoms with E-state index in [1.54, 1.807) is 19.3 Å². The van der Waals surface area contributed by atoms with Crippen molar-refractivity contribution in [3.8, 4) is 0 Å². The number of amides is 1. The summed E-state index contributed by atoms with van der Waals surface area (Å²) in [5, 5.41) is 0. The van der Waals surface area contributed by atoms with Crippen molar-refractivity contribution in [1.82, 2.24) is 9.88 Å². The number of aryl methyl sites for hydroxylation is 1. The molecule has 0 N–H and O–H groups in total. The molecule has 1 fully saturated rings. The van der Waals surface area contributed by atoms with Crippen LogP contribution in [0.5, 0.6) is 0 Å². The van der Waals surface area contributed by atoms with Gasteiger partial charge in [0, 0.05) is 32.4 Å². The minimum Gasteiger partial charge on any atom is -0.345 e. The molecule has 2 aromatic rings. The molecule has 0 aliphatic heterocycles. The Kier molecular flexibility index (Phi) is 5.47. The standard InChI is InChI=1S/C21H25FN2O/c1-15-13-18(5-6-20(15)22)19(17-3-4-17)14-21(25)24(2)12-9-16-7-10-23-11-8-16/h5-8,10-11,13,17,19H,3-4,9,12,14H2,1-2H3. The van der Waals surface area contributed by atoms with Crippen LogP contribution in [0.1, 0.15) is 41.9 Å². The lowest BCUT2D eigenvalue weighted by Gasteiger charge is -2.22. The molecule has 4 heteroatoms. The Bertz CT molecular complexity index is 728. The topological polar surface area (TPSA) is 33.2 Å². The number of nitrogens with zero attached hydrogens (tertiary/aromatic N) is 2. The van der Waals surface area contributed by atoms with Crippen LogP contribution in [-0.2, 0) is 11.2 Å². The number of hydrogen-bond donors (Lipinski definition) is 0. The fourth-order valence-corrected chi connectivity index (χ4v) is 3.27. The average Bonchev–Trinajstić information content (AvgIpc) is 3.45. The fourth-order valence-electron chi connectivity index (χ4n) is 3.27. The number of pyridine rings is 1. The van der Waals surface area contributed by atoms with Gasteiger partial charge in [0.2, 0.25) is 5.91 Å². The number of halogens is 1. The number of benzene rings is 1. The van der Waals surface area contributed by atoms with Crippen molar-refractivity contribution in [2.24, 2.45) is 5.92 Å². The minimum atomic E-state index is -0.181. The van der Waals surface area contributed by atoms with Crippen molar-refractivity contribution in [3.63, 3.8) is 0 Å². The summed E-state index contributed by atoms with van der Waals surface area (Å²) in [6.07, 6.45) is 7.20. The van der Waals surface area contributed by atoms with E-state index in [1.807, 2.05) is 36.2 Å². The number of aromatic nitrogens is 1. The predicted molar refractivity (Wildman–Crippen MR) is 96.8 cm³/mol. The highest BCUT2D eigenvalue weighted by Gasteiger charge is 2.34. The van der Waals surface area contributed by atoms with E-state index in [2.05, 4.69) is 4.98 Å². The second-order valence-electron chi connectivity index (χ2n) is 7.08. The highest BCUT2D eigenvalue weighted by atomic mass is 19.1. The maximum atomic E-state index is 13.6. The predicted octanol–water partition coefficient (Wildman–Crippen LogP) is 4.11. The molecule has 1 aromatic heterocycles. The summed E-state index contributed by atoms with van der Waals surface area (Å²) in [7, 11) is 1.86. The van der Waals surface area contributed by atoms with Crippen molar-refractivity contribution in [3.05, 3.63) is 65.2 Å². The lowest BCUT2D eigenvalue weighted by Crippen LogP contribution is -2.30. The van der Waals surface area contributed by atoms with Gasteiger partial charge in [-0.2, -0.15) is 0 Å². The van der Waals surface area contributed by atoms with Gasteiger partial charge in [-0.15, -0.1) is 0 Å². The van der Waals surface area contributed by atoms with Crippen LogP contribution < -0.4 is 0 Å². The Morgan fingerprint density at radius 1 is 1.28 bits per heavy atom. The molecule has 132 valence electrons. The summed E-state index contributed by atoms with van der Waals surface area (Å²) in [6, 6.07) is 9.23. The van der Waals surface area contributed by atoms with Crippen LogP contribution in [0.3, 0.4) is 0 Å². The van der Waals surface area contributed by atoms with Gasteiger partial charge in [0.1, 0.15) is 5.82 Å². The van der Waals surface area contributed by atoms with E-state index in [0.29, 0.717) is 24.4 Å². The van der Waals surface area contributed by atoms with Gasteiger partial charge in [-0.25, -0.2) is 4.39 Å². The second kappa shape index (κ2) is 7.77. The smallest absolute Gasteiger partial charge is 0.222 e. The van der Waals surface area contributed by atoms with Crippen molar-refractivity contribution in [1.29, 1.82) is 0 Å². The van der Waals surface area contributed by atoms with E-state index < -0.39 is 0 Å². The van der Waals surface area contributed by atoms with E-state index in [1.165, 1.54) is 11.6 Å². The lowest BCUT2D eigenvalue weighted by molar-refractivity contribution is -0.130. The zero-order chi connectivity index (χ0) is 17.8. The molecule has 1 aliphatic carbocycles. The first kappa shape index (κ1) is 17.6. The quantitative estimate of drug-likeness (QED) is 0.760. The molecule has 3 nitrogen and oxygen atoms in total. The third kappa shape index (κ3) is 4.65. The first-order chi connectivity index (χ1) is 12.0. The van der Waals surface area contributed by atoms with E-state index in [-0.39, 0.29) is 17.6 Å². The van der Waals surface area contributed by atoms with Gasteiger partial charge in [-0.05, 0) is 72.9 Å². The SMILES string of the molecule is Cc1cc(C(CC(=O)N(C)CCc2ccncc2)C2CC2)ccc1F. The van der Waals surface area contributed by atoms with E-state index in [9.17, 15) is 9.18 Å². The zero-order valence-electron chi connectivity index (χ0n) is 14.9. The summed E-state index contributed by atoms with van der Waals surface area (Å²) in [5.74, 6) is 0.740. The average molecular weight is 340 g/mol. The number of carbonyl (C=O) groups is 1. The van der Waals surface area contributed by atoms with E-state index in [4.69, 9.17) is 0 Å². The molecular formula is C21H25FN2O. The molecule has 1 unspecified atom stereocenters. The molecule has 1 heterocycles. The van der Waals surface area contributed by atoms with Crippen LogP contribution in [0.4, 0.5) is 4.39 Å². The van der Waals surface area contributed by atoms with Crippen molar-refractivity contribution in [2.45, 2.75) is 38.5 Å². The Morgan fingerprint density at radius 3 is 2.64 bits per heavy atom. The second-order valence-corrected chi connectivity index (χ2v) is 7.08. The molecule has 0 saturated heterocycles. The van der Waals surface area contributed by atoms with Crippen LogP contribution in [0, 0.1) is 18.7 Å². The molecule has 0 spiro atoms. The summed E-state index contributed by atoms with van der Waals surface area (Å²) in [6.45, 7) is 2.48. The molecule has 1 atom stereocenters. The Labute approximate surface area is 148 Å². The maximum Gasteiger partial charge on any atom is 0.222 e. The first-order valence-corrected chi connectivity index (χ1v) is 8.93. The molecule has 1 aromatic carbocycles. The van der Waals surface area contributed by atoms with Crippen molar-refractivity contribution >= 4 is 5.91 Å². The fraction of sp³-hybridized carbons (Fsp3) is 0.429. The highest BCUT2D eigenvalue weighted by Crippen LogP contribution is 2.45. The number of hydrogen-bond acceptors (Lipinski definition) is 2. The maximum absolute atomic E-state index is 13.6. The molecule has 25 heavy (non-hydrogen) atoms. The van der Waals surface area contributed by atoms with E-state index in [0.717, 1.165) is 24.8 Å². The van der Waals surface area contributed by atoms with Crippen LogP contribution in [-0.4, -0.2) is 29.4 Å². The molecule has 1 aliphatic rings. The van der Waals surface area contributed by atoms with Gasteiger partial charge in [0.15, 0.2) is 0 Å². The van der Waals surface area contributed by atoms with Crippen LogP contribution in [0.25, 0.3) is 0 Å². The highest BCUT2D eigenvalue weighted by molar-refractivity contribution is 5.77. The summed E-state index contributed by atoms with van der Waals surface area (Å²) < 4.78 is 13.6. The molecule has 1 saturated carbocycles. The molecular weight excluding hydrogens is 315 g/mol. The lowest BCUT2D eigenvalue weighted by atomic mass is 9.89. The van der Waals surface area contributed by atoms with Crippen molar-refractivity contribution < 1.29 is 9.18 Å².